The molecule has 3 nitrogen and oxygen atoms in total. The van der Waals surface area contributed by atoms with Gasteiger partial charge in [0.25, 0.3) is 0 Å². The summed E-state index contributed by atoms with van der Waals surface area (Å²) in [6, 6.07) is 3.35. The number of nitrogen functional groups attached to an aromatic ring is 1. The molecule has 0 aliphatic rings. The number of carbonyl (C=O) groups excluding carboxylic acids is 1. The largest absolute Gasteiger partial charge is 0.339 e. The van der Waals surface area contributed by atoms with E-state index in [1.165, 1.54) is 10.8 Å². The smallest absolute Gasteiger partial charge is 0.203 e. The Hall–Kier alpha value is -1.51. The second-order valence-electron chi connectivity index (χ2n) is 1.87. The van der Waals surface area contributed by atoms with Gasteiger partial charge in [-0.05, 0) is 18.2 Å². The van der Waals surface area contributed by atoms with Gasteiger partial charge in [-0.3, -0.25) is 9.47 Å². The average molecular weight is 136 g/mol. The summed E-state index contributed by atoms with van der Waals surface area (Å²) in [7, 11) is 0. The van der Waals surface area contributed by atoms with Gasteiger partial charge in [-0.2, -0.15) is 0 Å². The van der Waals surface area contributed by atoms with Crippen LogP contribution in [0.25, 0.3) is 0 Å². The first-order valence-electron chi connectivity index (χ1n) is 2.85. The Kier molecular flexibility index (Phi) is 1.58. The molecule has 1 aromatic heterocycles. The molecule has 0 aromatic carbocycles. The third-order valence-corrected chi connectivity index (χ3v) is 1.22. The van der Waals surface area contributed by atoms with Gasteiger partial charge in [0.15, 0.2) is 0 Å². The first kappa shape index (κ1) is 6.61. The SMILES string of the molecule is C=CC(=O)c1cccn1N. The Morgan fingerprint density at radius 3 is 2.90 bits per heavy atom. The summed E-state index contributed by atoms with van der Waals surface area (Å²) in [5.41, 5.74) is 0.454. The molecule has 0 aliphatic heterocycles. The maximum atomic E-state index is 10.9. The van der Waals surface area contributed by atoms with Crippen molar-refractivity contribution in [2.75, 3.05) is 5.84 Å². The van der Waals surface area contributed by atoms with Crippen LogP contribution in [0.5, 0.6) is 0 Å². The van der Waals surface area contributed by atoms with E-state index in [0.717, 1.165) is 0 Å². The predicted octanol–water partition coefficient (Wildman–Crippen LogP) is 0.571. The van der Waals surface area contributed by atoms with E-state index >= 15 is 0 Å². The summed E-state index contributed by atoms with van der Waals surface area (Å²) >= 11 is 0. The van der Waals surface area contributed by atoms with Crippen LogP contribution in [0, 0.1) is 0 Å². The van der Waals surface area contributed by atoms with Gasteiger partial charge < -0.3 is 5.84 Å². The number of hydrogen-bond donors (Lipinski definition) is 1. The molecule has 0 atom stereocenters. The summed E-state index contributed by atoms with van der Waals surface area (Å²) in [5, 5.41) is 0. The van der Waals surface area contributed by atoms with Crippen molar-refractivity contribution < 1.29 is 4.79 Å². The lowest BCUT2D eigenvalue weighted by atomic mass is 10.3. The van der Waals surface area contributed by atoms with Gasteiger partial charge in [-0.25, -0.2) is 0 Å². The van der Waals surface area contributed by atoms with Crippen LogP contribution >= 0.6 is 0 Å². The fourth-order valence-corrected chi connectivity index (χ4v) is 0.707. The van der Waals surface area contributed by atoms with E-state index in [-0.39, 0.29) is 5.78 Å². The number of aromatic nitrogens is 1. The standard InChI is InChI=1S/C7H8N2O/c1-2-7(10)6-4-3-5-9(6)8/h2-5H,1,8H2. The lowest BCUT2D eigenvalue weighted by Gasteiger charge is -1.95. The van der Waals surface area contributed by atoms with Crippen molar-refractivity contribution >= 4 is 5.78 Å². The molecule has 0 saturated carbocycles. The van der Waals surface area contributed by atoms with Crippen LogP contribution in [-0.4, -0.2) is 10.5 Å². The minimum atomic E-state index is -0.160. The molecule has 0 spiro atoms. The fraction of sp³-hybridized carbons (Fsp3) is 0. The Labute approximate surface area is 58.7 Å². The summed E-state index contributed by atoms with van der Waals surface area (Å²) in [4.78, 5) is 10.9. The molecule has 0 radical (unpaired) electrons. The molecule has 52 valence electrons. The first-order valence-corrected chi connectivity index (χ1v) is 2.85. The molecule has 0 saturated heterocycles. The topological polar surface area (TPSA) is 48.0 Å². The highest BCUT2D eigenvalue weighted by Crippen LogP contribution is 1.98. The van der Waals surface area contributed by atoms with Gasteiger partial charge in [-0.1, -0.05) is 6.58 Å². The number of nitrogens with two attached hydrogens (primary N) is 1. The predicted molar refractivity (Wildman–Crippen MR) is 39.1 cm³/mol. The minimum Gasteiger partial charge on any atom is -0.339 e. The third kappa shape index (κ3) is 0.932. The molecular weight excluding hydrogens is 128 g/mol. The second-order valence-corrected chi connectivity index (χ2v) is 1.87. The number of carbonyl (C=O) groups is 1. The molecule has 0 amide bonds. The zero-order chi connectivity index (χ0) is 7.56. The van der Waals surface area contributed by atoms with Crippen LogP contribution in [0.2, 0.25) is 0 Å². The monoisotopic (exact) mass is 136 g/mol. The van der Waals surface area contributed by atoms with Crippen molar-refractivity contribution in [3.8, 4) is 0 Å². The molecule has 0 fully saturated rings. The van der Waals surface area contributed by atoms with Crippen LogP contribution in [-0.2, 0) is 0 Å². The molecule has 0 aliphatic carbocycles. The van der Waals surface area contributed by atoms with E-state index in [4.69, 9.17) is 5.84 Å². The normalized spacial score (nSPS) is 9.20. The highest BCUT2D eigenvalue weighted by atomic mass is 16.1. The molecule has 1 aromatic rings. The molecular formula is C7H8N2O. The quantitative estimate of drug-likeness (QED) is 0.367. The molecule has 0 bridgehead atoms. The van der Waals surface area contributed by atoms with Gasteiger partial charge in [0.1, 0.15) is 5.69 Å². The molecule has 10 heavy (non-hydrogen) atoms. The van der Waals surface area contributed by atoms with E-state index in [0.29, 0.717) is 5.69 Å². The summed E-state index contributed by atoms with van der Waals surface area (Å²) in [6.45, 7) is 3.34. The highest BCUT2D eigenvalue weighted by Gasteiger charge is 2.02. The Morgan fingerprint density at radius 2 is 2.50 bits per heavy atom. The van der Waals surface area contributed by atoms with Gasteiger partial charge in [-0.15, -0.1) is 0 Å². The van der Waals surface area contributed by atoms with Gasteiger partial charge in [0, 0.05) is 6.20 Å². The van der Waals surface area contributed by atoms with E-state index in [1.54, 1.807) is 18.3 Å². The zero-order valence-electron chi connectivity index (χ0n) is 5.45. The molecule has 1 heterocycles. The van der Waals surface area contributed by atoms with Crippen molar-refractivity contribution in [1.82, 2.24) is 4.68 Å². The maximum absolute atomic E-state index is 10.9. The average Bonchev–Trinajstić information content (AvgIpc) is 2.34. The third-order valence-electron chi connectivity index (χ3n) is 1.22. The van der Waals surface area contributed by atoms with E-state index in [9.17, 15) is 4.79 Å². The number of nitrogens with zero attached hydrogens (tertiary/aromatic N) is 1. The van der Waals surface area contributed by atoms with Gasteiger partial charge in [0.05, 0.1) is 0 Å². The second kappa shape index (κ2) is 2.39. The van der Waals surface area contributed by atoms with Crippen LogP contribution in [0.3, 0.4) is 0 Å². The number of hydrogen-bond acceptors (Lipinski definition) is 2. The summed E-state index contributed by atoms with van der Waals surface area (Å²) < 4.78 is 1.27. The fourth-order valence-electron chi connectivity index (χ4n) is 0.707. The van der Waals surface area contributed by atoms with Crippen LogP contribution in [0.4, 0.5) is 0 Å². The van der Waals surface area contributed by atoms with Gasteiger partial charge in [0.2, 0.25) is 5.78 Å². The van der Waals surface area contributed by atoms with Crippen LogP contribution < -0.4 is 5.84 Å². The molecule has 0 unspecified atom stereocenters. The van der Waals surface area contributed by atoms with Crippen molar-refractivity contribution in [2.45, 2.75) is 0 Å². The van der Waals surface area contributed by atoms with E-state index in [1.807, 2.05) is 0 Å². The number of rotatable bonds is 2. The van der Waals surface area contributed by atoms with Crippen LogP contribution in [0.15, 0.2) is 31.0 Å². The molecule has 2 N–H and O–H groups in total. The lowest BCUT2D eigenvalue weighted by Crippen LogP contribution is -2.13. The van der Waals surface area contributed by atoms with E-state index < -0.39 is 0 Å². The Morgan fingerprint density at radius 1 is 1.80 bits per heavy atom. The zero-order valence-corrected chi connectivity index (χ0v) is 5.45. The molecule has 1 rings (SSSR count). The summed E-state index contributed by atoms with van der Waals surface area (Å²) in [6.07, 6.45) is 2.84. The number of allylic oxidation sites excluding steroid dienone is 1. The summed E-state index contributed by atoms with van der Waals surface area (Å²) in [5.74, 6) is 5.21. The van der Waals surface area contributed by atoms with Crippen molar-refractivity contribution in [3.63, 3.8) is 0 Å². The first-order chi connectivity index (χ1) is 4.75. The number of ketones is 1. The van der Waals surface area contributed by atoms with Crippen LogP contribution in [0.1, 0.15) is 10.5 Å². The van der Waals surface area contributed by atoms with Crippen molar-refractivity contribution in [2.24, 2.45) is 0 Å². The highest BCUT2D eigenvalue weighted by molar-refractivity contribution is 6.02. The lowest BCUT2D eigenvalue weighted by molar-refractivity contribution is 0.104. The minimum absolute atomic E-state index is 0.160. The Bertz CT molecular complexity index is 262. The van der Waals surface area contributed by atoms with Gasteiger partial charge >= 0.3 is 0 Å². The maximum Gasteiger partial charge on any atom is 0.203 e. The van der Waals surface area contributed by atoms with E-state index in [2.05, 4.69) is 6.58 Å². The molecule has 3 heteroatoms. The van der Waals surface area contributed by atoms with Crippen molar-refractivity contribution in [3.05, 3.63) is 36.7 Å². The van der Waals surface area contributed by atoms with Crippen molar-refractivity contribution in [1.29, 1.82) is 0 Å². The Balaban J connectivity index is 3.04.